The molecule has 0 saturated heterocycles. The number of halogens is 1. The highest BCUT2D eigenvalue weighted by Gasteiger charge is 2.39. The number of phenolic OH excluding ortho intramolecular Hbond substituents is 1. The molecule has 0 unspecified atom stereocenters. The summed E-state index contributed by atoms with van der Waals surface area (Å²) in [5, 5.41) is 9.30. The molecule has 2 aromatic rings. The van der Waals surface area contributed by atoms with Crippen LogP contribution in [0.4, 0.5) is 0 Å². The van der Waals surface area contributed by atoms with Gasteiger partial charge < -0.3 is 9.53 Å². The second-order valence-corrected chi connectivity index (χ2v) is 23.0. The maximum absolute atomic E-state index is 10.7. The van der Waals surface area contributed by atoms with E-state index in [2.05, 4.69) is 67.7 Å². The van der Waals surface area contributed by atoms with Gasteiger partial charge in [-0.1, -0.05) is 78.9 Å². The molecule has 0 fully saturated rings. The van der Waals surface area contributed by atoms with Crippen molar-refractivity contribution >= 4 is 39.4 Å². The molecule has 0 heterocycles. The molecular formula is C26H41ClO4Si2. The van der Waals surface area contributed by atoms with Crippen LogP contribution in [-0.4, -0.2) is 33.4 Å². The smallest absolute Gasteiger partial charge is 0.250 e. The van der Waals surface area contributed by atoms with Gasteiger partial charge in [0.05, 0.1) is 0 Å². The summed E-state index contributed by atoms with van der Waals surface area (Å²) in [6.45, 7) is 21.9. The number of benzene rings is 2. The van der Waals surface area contributed by atoms with E-state index in [0.717, 1.165) is 12.0 Å². The third-order valence-electron chi connectivity index (χ3n) is 5.96. The Bertz CT molecular complexity index is 880. The normalized spacial score (nSPS) is 11.8. The van der Waals surface area contributed by atoms with Crippen molar-refractivity contribution < 1.29 is 19.1 Å². The van der Waals surface area contributed by atoms with Crippen molar-refractivity contribution in [2.75, 3.05) is 0 Å². The van der Waals surface area contributed by atoms with Gasteiger partial charge in [0.15, 0.2) is 7.38 Å². The second-order valence-electron chi connectivity index (χ2n) is 11.0. The van der Waals surface area contributed by atoms with Gasteiger partial charge in [0.25, 0.3) is 0 Å². The van der Waals surface area contributed by atoms with E-state index >= 15 is 0 Å². The Morgan fingerprint density at radius 1 is 0.788 bits per heavy atom. The van der Waals surface area contributed by atoms with Crippen LogP contribution in [0.1, 0.15) is 62.3 Å². The summed E-state index contributed by atoms with van der Waals surface area (Å²) in [6, 6.07) is 13.5. The predicted octanol–water partition coefficient (Wildman–Crippen LogP) is 8.32. The number of rotatable bonds is 4. The van der Waals surface area contributed by atoms with Gasteiger partial charge in [0, 0.05) is 11.1 Å². The molecule has 2 rings (SSSR count). The molecule has 4 nitrogen and oxygen atoms in total. The van der Waals surface area contributed by atoms with E-state index in [0.29, 0.717) is 22.5 Å². The summed E-state index contributed by atoms with van der Waals surface area (Å²) in [4.78, 5) is 20.7. The molecule has 0 aromatic heterocycles. The largest absolute Gasteiger partial charge is 0.543 e. The van der Waals surface area contributed by atoms with Gasteiger partial charge in [-0.15, -0.1) is 0 Å². The van der Waals surface area contributed by atoms with Gasteiger partial charge in [-0.3, -0.25) is 9.59 Å². The molecule has 0 atom stereocenters. The van der Waals surface area contributed by atoms with Gasteiger partial charge in [0.2, 0.25) is 8.32 Å². The quantitative estimate of drug-likeness (QED) is 0.256. The zero-order valence-electron chi connectivity index (χ0n) is 21.8. The number of hydrogen-bond donors (Lipinski definition) is 1. The fourth-order valence-corrected chi connectivity index (χ4v) is 2.72. The molecular weight excluding hydrogens is 468 g/mol. The minimum atomic E-state index is -1.80. The fraction of sp³-hybridized carbons (Fsp3) is 0.462. The van der Waals surface area contributed by atoms with E-state index in [-0.39, 0.29) is 10.8 Å². The van der Waals surface area contributed by atoms with Crippen LogP contribution in [0.3, 0.4) is 0 Å². The van der Waals surface area contributed by atoms with Crippen LogP contribution in [0.25, 0.3) is 0 Å². The average molecular weight is 509 g/mol. The first-order valence-electron chi connectivity index (χ1n) is 11.0. The Hall–Kier alpha value is -1.90. The third-order valence-corrected chi connectivity index (χ3v) is 15.6. The van der Waals surface area contributed by atoms with Crippen LogP contribution in [-0.2, 0) is 0 Å². The fourth-order valence-electron chi connectivity index (χ4n) is 1.70. The average Bonchev–Trinajstić information content (AvgIpc) is 2.66. The van der Waals surface area contributed by atoms with E-state index in [4.69, 9.17) is 20.6 Å². The highest BCUT2D eigenvalue weighted by atomic mass is 35.6. The summed E-state index contributed by atoms with van der Waals surface area (Å²) in [5.41, 5.74) is 1.16. The first-order chi connectivity index (χ1) is 14.8. The Labute approximate surface area is 207 Å². The zero-order valence-corrected chi connectivity index (χ0v) is 24.6. The highest BCUT2D eigenvalue weighted by molar-refractivity contribution is 7.20. The number of aromatic hydroxyl groups is 1. The lowest BCUT2D eigenvalue weighted by atomic mass is 10.2. The van der Waals surface area contributed by atoms with Crippen LogP contribution < -0.4 is 4.43 Å². The Balaban J connectivity index is 0.000000511. The molecule has 7 heteroatoms. The molecule has 184 valence electrons. The highest BCUT2D eigenvalue weighted by Crippen LogP contribution is 2.38. The van der Waals surface area contributed by atoms with E-state index in [9.17, 15) is 9.59 Å². The standard InChI is InChI=1S/C13H20O2Si.C7H6O2.C6H15ClSi/c1-13(2,3)16(4,5)15-12-8-6-7-11(9-12)10-14;8-5-6-2-1-3-7(9)4-6;1-6(2,3)8(4,5)7/h6-10H,1-5H3;1-5,9H;1-5H3. The summed E-state index contributed by atoms with van der Waals surface area (Å²) in [5.74, 6) is 0.927. The van der Waals surface area contributed by atoms with Gasteiger partial charge in [0.1, 0.15) is 24.1 Å². The molecule has 0 saturated carbocycles. The van der Waals surface area contributed by atoms with Crippen LogP contribution >= 0.6 is 11.1 Å². The Morgan fingerprint density at radius 2 is 1.21 bits per heavy atom. The molecule has 0 spiro atoms. The number of aldehydes is 2. The maximum atomic E-state index is 10.7. The summed E-state index contributed by atoms with van der Waals surface area (Å²) >= 11 is 6.15. The predicted molar refractivity (Wildman–Crippen MR) is 146 cm³/mol. The van der Waals surface area contributed by atoms with E-state index in [1.807, 2.05) is 12.1 Å². The molecule has 1 N–H and O–H groups in total. The molecule has 0 amide bonds. The van der Waals surface area contributed by atoms with Crippen LogP contribution in [0.2, 0.25) is 36.3 Å². The zero-order chi connectivity index (χ0) is 26.1. The molecule has 0 aliphatic carbocycles. The SMILES string of the molecule is CC(C)(C)[Si](C)(C)Cl.CC(C)(C)[Si](C)(C)Oc1cccc(C=O)c1.O=Cc1cccc(O)c1. The molecule has 0 aliphatic rings. The minimum Gasteiger partial charge on any atom is -0.543 e. The van der Waals surface area contributed by atoms with Crippen molar-refractivity contribution in [2.45, 2.75) is 77.8 Å². The van der Waals surface area contributed by atoms with Crippen molar-refractivity contribution in [3.8, 4) is 11.5 Å². The minimum absolute atomic E-state index is 0.125. The number of hydrogen-bond acceptors (Lipinski definition) is 4. The lowest BCUT2D eigenvalue weighted by molar-refractivity contribution is 0.111. The first kappa shape index (κ1) is 31.1. The number of carbonyl (C=O) groups is 2. The first-order valence-corrected chi connectivity index (χ1v) is 17.9. The third kappa shape index (κ3) is 11.7. The van der Waals surface area contributed by atoms with Crippen molar-refractivity contribution in [3.63, 3.8) is 0 Å². The molecule has 0 bridgehead atoms. The molecule has 33 heavy (non-hydrogen) atoms. The van der Waals surface area contributed by atoms with Crippen LogP contribution in [0, 0.1) is 0 Å². The molecule has 0 aliphatic heterocycles. The van der Waals surface area contributed by atoms with E-state index in [1.54, 1.807) is 24.3 Å². The number of carbonyl (C=O) groups excluding carboxylic acids is 2. The molecule has 2 aromatic carbocycles. The van der Waals surface area contributed by atoms with Gasteiger partial charge in [-0.2, -0.15) is 11.1 Å². The van der Waals surface area contributed by atoms with Crippen molar-refractivity contribution in [3.05, 3.63) is 59.7 Å². The summed E-state index contributed by atoms with van der Waals surface area (Å²) in [6.07, 6.45) is 1.54. The maximum Gasteiger partial charge on any atom is 0.250 e. The topological polar surface area (TPSA) is 63.6 Å². The van der Waals surface area contributed by atoms with Gasteiger partial charge in [-0.05, 0) is 47.4 Å². The van der Waals surface area contributed by atoms with Crippen molar-refractivity contribution in [1.82, 2.24) is 0 Å². The second kappa shape index (κ2) is 12.5. The van der Waals surface area contributed by atoms with E-state index < -0.39 is 15.7 Å². The summed E-state index contributed by atoms with van der Waals surface area (Å²) in [7, 11) is -3.18. The Kier molecular flexibility index (Phi) is 11.8. The van der Waals surface area contributed by atoms with Crippen LogP contribution in [0.5, 0.6) is 11.5 Å². The lowest BCUT2D eigenvalue weighted by Gasteiger charge is -2.36. The van der Waals surface area contributed by atoms with Gasteiger partial charge >= 0.3 is 0 Å². The van der Waals surface area contributed by atoms with Gasteiger partial charge in [-0.25, -0.2) is 0 Å². The monoisotopic (exact) mass is 508 g/mol. The van der Waals surface area contributed by atoms with Crippen molar-refractivity contribution in [1.29, 1.82) is 0 Å². The molecule has 0 radical (unpaired) electrons. The van der Waals surface area contributed by atoms with Crippen molar-refractivity contribution in [2.24, 2.45) is 0 Å². The summed E-state index contributed by atoms with van der Waals surface area (Å²) < 4.78 is 6.09. The number of phenols is 1. The Morgan fingerprint density at radius 3 is 1.55 bits per heavy atom. The lowest BCUT2D eigenvalue weighted by Crippen LogP contribution is -2.43. The van der Waals surface area contributed by atoms with Crippen LogP contribution in [0.15, 0.2) is 48.5 Å². The van der Waals surface area contributed by atoms with E-state index in [1.165, 1.54) is 12.1 Å².